The van der Waals surface area contributed by atoms with Crippen molar-refractivity contribution in [2.45, 2.75) is 56.4 Å². The zero-order valence-electron chi connectivity index (χ0n) is 12.3. The molecule has 1 aromatic rings. The van der Waals surface area contributed by atoms with Crippen LogP contribution in [0.25, 0.3) is 0 Å². The van der Waals surface area contributed by atoms with Gasteiger partial charge >= 0.3 is 0 Å². The van der Waals surface area contributed by atoms with E-state index < -0.39 is 0 Å². The minimum atomic E-state index is 0.876. The summed E-state index contributed by atoms with van der Waals surface area (Å²) in [5, 5.41) is 0. The van der Waals surface area contributed by atoms with Crippen LogP contribution in [0.3, 0.4) is 0 Å². The van der Waals surface area contributed by atoms with Crippen molar-refractivity contribution in [3.8, 4) is 0 Å². The van der Waals surface area contributed by atoms with Crippen LogP contribution in [0.2, 0.25) is 0 Å². The molecule has 1 nitrogen and oxygen atoms in total. The van der Waals surface area contributed by atoms with E-state index in [9.17, 15) is 0 Å². The zero-order chi connectivity index (χ0) is 13.1. The second-order valence-electron chi connectivity index (χ2n) is 7.69. The number of hydrogen-bond donors (Lipinski definition) is 0. The maximum absolute atomic E-state index is 2.86. The smallest absolute Gasteiger partial charge is 0.0132 e. The van der Waals surface area contributed by atoms with E-state index >= 15 is 0 Å². The SMILES string of the molecule is c1ccc2c(c1)C1CCC2C(C2CC3CCN2CC3)C1. The molecule has 4 atom stereocenters. The van der Waals surface area contributed by atoms with Crippen molar-refractivity contribution in [3.05, 3.63) is 35.4 Å². The van der Waals surface area contributed by atoms with Crippen molar-refractivity contribution in [1.82, 2.24) is 4.90 Å². The molecule has 0 spiro atoms. The second-order valence-corrected chi connectivity index (χ2v) is 7.69. The summed E-state index contributed by atoms with van der Waals surface area (Å²) in [5.74, 6) is 3.77. The highest BCUT2D eigenvalue weighted by Crippen LogP contribution is 2.55. The molecule has 4 fully saturated rings. The normalized spacial score (nSPS) is 45.4. The van der Waals surface area contributed by atoms with Crippen LogP contribution in [0.15, 0.2) is 24.3 Å². The summed E-state index contributed by atoms with van der Waals surface area (Å²) in [6.45, 7) is 2.79. The van der Waals surface area contributed by atoms with E-state index in [1.165, 1.54) is 51.6 Å². The van der Waals surface area contributed by atoms with Crippen LogP contribution in [-0.4, -0.2) is 24.0 Å². The van der Waals surface area contributed by atoms with Crippen LogP contribution < -0.4 is 0 Å². The van der Waals surface area contributed by atoms with Gasteiger partial charge in [-0.15, -0.1) is 0 Å². The molecular weight excluding hydrogens is 242 g/mol. The molecule has 4 unspecified atom stereocenters. The molecule has 3 aliphatic heterocycles. The van der Waals surface area contributed by atoms with Gasteiger partial charge in [0.2, 0.25) is 0 Å². The lowest BCUT2D eigenvalue weighted by atomic mass is 9.58. The van der Waals surface area contributed by atoms with Gasteiger partial charge in [0.1, 0.15) is 0 Å². The first-order valence-corrected chi connectivity index (χ1v) is 8.73. The summed E-state index contributed by atoms with van der Waals surface area (Å²) in [7, 11) is 0. The van der Waals surface area contributed by atoms with Crippen molar-refractivity contribution < 1.29 is 0 Å². The van der Waals surface area contributed by atoms with Crippen molar-refractivity contribution >= 4 is 0 Å². The molecule has 0 aromatic heterocycles. The van der Waals surface area contributed by atoms with E-state index in [1.54, 1.807) is 11.1 Å². The summed E-state index contributed by atoms with van der Waals surface area (Å²) < 4.78 is 0. The van der Waals surface area contributed by atoms with E-state index in [-0.39, 0.29) is 0 Å². The standard InChI is InChI=1S/C19H25N/c1-2-4-16-15(3-1)14-5-6-17(16)18(12-14)19-11-13-7-9-20(19)10-8-13/h1-4,13-14,17-19H,5-12H2. The van der Waals surface area contributed by atoms with Gasteiger partial charge in [-0.1, -0.05) is 24.3 Å². The fourth-order valence-electron chi connectivity index (χ4n) is 5.98. The highest BCUT2D eigenvalue weighted by molar-refractivity contribution is 5.39. The number of benzene rings is 1. The number of hydrogen-bond acceptors (Lipinski definition) is 1. The predicted octanol–water partition coefficient (Wildman–Crippen LogP) is 4.15. The van der Waals surface area contributed by atoms with Crippen molar-refractivity contribution in [2.75, 3.05) is 13.1 Å². The van der Waals surface area contributed by atoms with Gasteiger partial charge in [-0.05, 0) is 86.4 Å². The summed E-state index contributed by atoms with van der Waals surface area (Å²) in [6.07, 6.45) is 8.86. The third-order valence-corrected chi connectivity index (χ3v) is 6.92. The maximum atomic E-state index is 2.86. The molecule has 3 aliphatic carbocycles. The van der Waals surface area contributed by atoms with E-state index in [0.29, 0.717) is 0 Å². The lowest BCUT2D eigenvalue weighted by Crippen LogP contribution is -2.54. The largest absolute Gasteiger partial charge is 0.300 e. The van der Waals surface area contributed by atoms with Gasteiger partial charge in [-0.25, -0.2) is 0 Å². The average molecular weight is 267 g/mol. The van der Waals surface area contributed by atoms with E-state index in [0.717, 1.165) is 29.7 Å². The Morgan fingerprint density at radius 1 is 0.850 bits per heavy atom. The van der Waals surface area contributed by atoms with Gasteiger partial charge in [-0.2, -0.15) is 0 Å². The molecule has 3 saturated heterocycles. The third kappa shape index (κ3) is 1.59. The lowest BCUT2D eigenvalue weighted by Gasteiger charge is -2.54. The van der Waals surface area contributed by atoms with Crippen molar-refractivity contribution in [2.24, 2.45) is 11.8 Å². The summed E-state index contributed by atoms with van der Waals surface area (Å²) >= 11 is 0. The minimum Gasteiger partial charge on any atom is -0.300 e. The third-order valence-electron chi connectivity index (χ3n) is 6.92. The lowest BCUT2D eigenvalue weighted by molar-refractivity contribution is -0.00519. The minimum absolute atomic E-state index is 0.876. The van der Waals surface area contributed by atoms with Gasteiger partial charge in [0.25, 0.3) is 0 Å². The van der Waals surface area contributed by atoms with Gasteiger partial charge in [0.05, 0.1) is 0 Å². The van der Waals surface area contributed by atoms with E-state index in [2.05, 4.69) is 29.2 Å². The molecule has 3 heterocycles. The Bertz CT molecular complexity index is 514. The summed E-state index contributed by atoms with van der Waals surface area (Å²) in [5.41, 5.74) is 3.43. The Labute approximate surface area is 122 Å². The number of rotatable bonds is 1. The fourth-order valence-corrected chi connectivity index (χ4v) is 5.98. The van der Waals surface area contributed by atoms with Crippen LogP contribution in [0.4, 0.5) is 0 Å². The first-order chi connectivity index (χ1) is 9.90. The van der Waals surface area contributed by atoms with Crippen LogP contribution >= 0.6 is 0 Å². The molecule has 0 radical (unpaired) electrons. The molecule has 0 amide bonds. The Hall–Kier alpha value is -0.820. The van der Waals surface area contributed by atoms with Gasteiger partial charge in [0.15, 0.2) is 0 Å². The highest BCUT2D eigenvalue weighted by Gasteiger charge is 2.46. The molecule has 1 heteroatoms. The highest BCUT2D eigenvalue weighted by atomic mass is 15.2. The first-order valence-electron chi connectivity index (χ1n) is 8.73. The molecule has 7 rings (SSSR count). The van der Waals surface area contributed by atoms with Crippen molar-refractivity contribution in [1.29, 1.82) is 0 Å². The Morgan fingerprint density at radius 3 is 2.40 bits per heavy atom. The molecule has 6 aliphatic rings. The Balaban J connectivity index is 1.50. The monoisotopic (exact) mass is 267 g/mol. The van der Waals surface area contributed by atoms with Crippen LogP contribution in [0, 0.1) is 11.8 Å². The number of piperidine rings is 3. The molecule has 0 N–H and O–H groups in total. The topological polar surface area (TPSA) is 3.24 Å². The van der Waals surface area contributed by atoms with Crippen LogP contribution in [0.5, 0.6) is 0 Å². The number of nitrogens with zero attached hydrogens (tertiary/aromatic N) is 1. The quantitative estimate of drug-likeness (QED) is 0.739. The van der Waals surface area contributed by atoms with Crippen molar-refractivity contribution in [3.63, 3.8) is 0 Å². The molecule has 1 aromatic carbocycles. The van der Waals surface area contributed by atoms with E-state index in [1.807, 2.05) is 0 Å². The van der Waals surface area contributed by atoms with Crippen LogP contribution in [0.1, 0.15) is 61.5 Å². The van der Waals surface area contributed by atoms with Gasteiger partial charge in [-0.3, -0.25) is 0 Å². The Kier molecular flexibility index (Phi) is 2.56. The molecule has 4 bridgehead atoms. The Morgan fingerprint density at radius 2 is 1.65 bits per heavy atom. The van der Waals surface area contributed by atoms with Gasteiger partial charge < -0.3 is 4.90 Å². The molecule has 20 heavy (non-hydrogen) atoms. The van der Waals surface area contributed by atoms with Gasteiger partial charge in [0, 0.05) is 6.04 Å². The first kappa shape index (κ1) is 11.8. The van der Waals surface area contributed by atoms with Crippen LogP contribution in [-0.2, 0) is 0 Å². The molecule has 106 valence electrons. The predicted molar refractivity (Wildman–Crippen MR) is 82.0 cm³/mol. The molecule has 1 saturated carbocycles. The summed E-state index contributed by atoms with van der Waals surface area (Å²) in [6, 6.07) is 10.3. The average Bonchev–Trinajstić information content (AvgIpc) is 2.56. The second kappa shape index (κ2) is 4.34. The maximum Gasteiger partial charge on any atom is 0.0132 e. The zero-order valence-corrected chi connectivity index (χ0v) is 12.3. The number of fused-ring (bicyclic) bond motifs is 6. The fraction of sp³-hybridized carbons (Fsp3) is 0.684. The summed E-state index contributed by atoms with van der Waals surface area (Å²) in [4.78, 5) is 2.86. The molecular formula is C19H25N. The van der Waals surface area contributed by atoms with E-state index in [4.69, 9.17) is 0 Å².